The number of hydrogen-bond donors (Lipinski definition) is 2. The molecule has 0 spiro atoms. The summed E-state index contributed by atoms with van der Waals surface area (Å²) in [6.07, 6.45) is -3.80. The molecular formula is C18H22F4N2O4. The summed E-state index contributed by atoms with van der Waals surface area (Å²) in [5, 5.41) is 7.12. The van der Waals surface area contributed by atoms with E-state index in [1.54, 1.807) is 12.1 Å². The second kappa shape index (κ2) is 10.1. The minimum atomic E-state index is -5.08. The van der Waals surface area contributed by atoms with Crippen LogP contribution in [0, 0.1) is 0 Å². The van der Waals surface area contributed by atoms with E-state index in [0.717, 1.165) is 17.5 Å². The third-order valence-electron chi connectivity index (χ3n) is 3.90. The van der Waals surface area contributed by atoms with E-state index in [-0.39, 0.29) is 25.1 Å². The van der Waals surface area contributed by atoms with Gasteiger partial charge in [0.25, 0.3) is 5.91 Å². The van der Waals surface area contributed by atoms with Crippen molar-refractivity contribution < 1.29 is 37.0 Å². The Labute approximate surface area is 159 Å². The normalized spacial score (nSPS) is 14.4. The third kappa shape index (κ3) is 6.52. The van der Waals surface area contributed by atoms with E-state index in [1.165, 1.54) is 0 Å². The van der Waals surface area contributed by atoms with Gasteiger partial charge in [0.15, 0.2) is 0 Å². The first-order chi connectivity index (χ1) is 13.0. The molecule has 0 aromatic heterocycles. The highest BCUT2D eigenvalue weighted by atomic mass is 19.4. The lowest BCUT2D eigenvalue weighted by molar-refractivity contribution is -0.192. The molecule has 1 aliphatic heterocycles. The van der Waals surface area contributed by atoms with Gasteiger partial charge in [-0.15, -0.1) is 0 Å². The molecule has 1 amide bonds. The molecule has 2 rings (SSSR count). The van der Waals surface area contributed by atoms with Crippen LogP contribution in [-0.4, -0.2) is 53.8 Å². The lowest BCUT2D eigenvalue weighted by Gasteiger charge is -2.32. The zero-order chi connectivity index (χ0) is 21.5. The average molecular weight is 406 g/mol. The molecule has 0 saturated carbocycles. The van der Waals surface area contributed by atoms with Gasteiger partial charge < -0.3 is 20.5 Å². The van der Waals surface area contributed by atoms with Crippen molar-refractivity contribution >= 4 is 11.9 Å². The van der Waals surface area contributed by atoms with Crippen molar-refractivity contribution in [2.24, 2.45) is 5.73 Å². The third-order valence-corrected chi connectivity index (χ3v) is 3.90. The van der Waals surface area contributed by atoms with Gasteiger partial charge in [-0.3, -0.25) is 4.79 Å². The molecule has 0 radical (unpaired) electrons. The standard InChI is InChI=1S/C16H21FN2O2.C2HF3O2/c1-11(2)19-6-5-13-7-14(3-4-15(13)16(19)20)21-10-12(8-17)9-18;3-2(4,5)1(6)7/h3-4,7-8,11H,5-6,9-10,18H2,1-2H3;(H,6,7)/b12-8+;. The van der Waals surface area contributed by atoms with Gasteiger partial charge in [-0.25, -0.2) is 9.18 Å². The van der Waals surface area contributed by atoms with Crippen LogP contribution in [0.25, 0.3) is 0 Å². The molecule has 0 atom stereocenters. The number of aliphatic carboxylic acids is 1. The van der Waals surface area contributed by atoms with Crippen molar-refractivity contribution in [3.05, 3.63) is 41.2 Å². The Bertz CT molecular complexity index is 733. The zero-order valence-electron chi connectivity index (χ0n) is 15.4. The number of carbonyl (C=O) groups is 2. The number of carbonyl (C=O) groups excluding carboxylic acids is 1. The number of alkyl halides is 3. The predicted octanol–water partition coefficient (Wildman–Crippen LogP) is 2.92. The summed E-state index contributed by atoms with van der Waals surface area (Å²) in [6.45, 7) is 4.99. The predicted molar refractivity (Wildman–Crippen MR) is 93.7 cm³/mol. The molecule has 0 fully saturated rings. The van der Waals surface area contributed by atoms with Crippen molar-refractivity contribution in [2.45, 2.75) is 32.5 Å². The fourth-order valence-electron chi connectivity index (χ4n) is 2.38. The molecule has 1 heterocycles. The van der Waals surface area contributed by atoms with Crippen molar-refractivity contribution in [3.8, 4) is 5.75 Å². The fraction of sp³-hybridized carbons (Fsp3) is 0.444. The maximum atomic E-state index is 12.4. The number of nitrogens with zero attached hydrogens (tertiary/aromatic N) is 1. The average Bonchev–Trinajstić information content (AvgIpc) is 2.62. The van der Waals surface area contributed by atoms with E-state index in [9.17, 15) is 22.4 Å². The Morgan fingerprint density at radius 3 is 2.46 bits per heavy atom. The Balaban J connectivity index is 0.000000480. The molecular weight excluding hydrogens is 384 g/mol. The first kappa shape index (κ1) is 23.4. The van der Waals surface area contributed by atoms with E-state index in [1.807, 2.05) is 24.8 Å². The highest BCUT2D eigenvalue weighted by molar-refractivity contribution is 5.97. The number of hydrogen-bond acceptors (Lipinski definition) is 4. The van der Waals surface area contributed by atoms with Gasteiger partial charge in [-0.1, -0.05) is 0 Å². The lowest BCUT2D eigenvalue weighted by Crippen LogP contribution is -2.42. The number of amides is 1. The molecule has 28 heavy (non-hydrogen) atoms. The van der Waals surface area contributed by atoms with Gasteiger partial charge in [-0.2, -0.15) is 13.2 Å². The summed E-state index contributed by atoms with van der Waals surface area (Å²) < 4.78 is 49.7. The number of carboxylic acids is 1. The molecule has 0 saturated heterocycles. The zero-order valence-corrected chi connectivity index (χ0v) is 15.4. The Hall–Kier alpha value is -2.62. The van der Waals surface area contributed by atoms with Gasteiger partial charge in [0.05, 0.1) is 6.33 Å². The summed E-state index contributed by atoms with van der Waals surface area (Å²) in [5.41, 5.74) is 7.48. The number of carboxylic acid groups (broad SMARTS) is 1. The second-order valence-corrected chi connectivity index (χ2v) is 6.22. The van der Waals surface area contributed by atoms with E-state index in [2.05, 4.69) is 0 Å². The molecule has 1 aromatic rings. The first-order valence-corrected chi connectivity index (χ1v) is 8.36. The summed E-state index contributed by atoms with van der Waals surface area (Å²) in [4.78, 5) is 23.1. The maximum Gasteiger partial charge on any atom is 0.490 e. The molecule has 0 aliphatic carbocycles. The maximum absolute atomic E-state index is 12.4. The summed E-state index contributed by atoms with van der Waals surface area (Å²) in [5.74, 6) is -2.07. The molecule has 1 aromatic carbocycles. The van der Waals surface area contributed by atoms with Crippen LogP contribution < -0.4 is 10.5 Å². The summed E-state index contributed by atoms with van der Waals surface area (Å²) in [6, 6.07) is 5.58. The first-order valence-electron chi connectivity index (χ1n) is 8.36. The topological polar surface area (TPSA) is 92.9 Å². The van der Waals surface area contributed by atoms with E-state index >= 15 is 0 Å². The monoisotopic (exact) mass is 406 g/mol. The van der Waals surface area contributed by atoms with Crippen molar-refractivity contribution in [3.63, 3.8) is 0 Å². The molecule has 0 bridgehead atoms. The van der Waals surface area contributed by atoms with Crippen molar-refractivity contribution in [1.82, 2.24) is 4.90 Å². The van der Waals surface area contributed by atoms with Crippen LogP contribution in [0.4, 0.5) is 17.6 Å². The Kier molecular flexibility index (Phi) is 8.42. The molecule has 6 nitrogen and oxygen atoms in total. The van der Waals surface area contributed by atoms with Crippen molar-refractivity contribution in [2.75, 3.05) is 19.7 Å². The van der Waals surface area contributed by atoms with E-state index in [4.69, 9.17) is 20.4 Å². The van der Waals surface area contributed by atoms with Crippen LogP contribution in [0.1, 0.15) is 29.8 Å². The number of ether oxygens (including phenoxy) is 1. The van der Waals surface area contributed by atoms with Crippen LogP contribution in [0.2, 0.25) is 0 Å². The van der Waals surface area contributed by atoms with Crippen molar-refractivity contribution in [1.29, 1.82) is 0 Å². The van der Waals surface area contributed by atoms with Gasteiger partial charge in [0.1, 0.15) is 12.4 Å². The summed E-state index contributed by atoms with van der Waals surface area (Å²) >= 11 is 0. The minimum absolute atomic E-state index is 0.0594. The molecule has 156 valence electrons. The van der Waals surface area contributed by atoms with E-state index < -0.39 is 12.1 Å². The Morgan fingerprint density at radius 2 is 2.00 bits per heavy atom. The minimum Gasteiger partial charge on any atom is -0.489 e. The Morgan fingerprint density at radius 1 is 1.39 bits per heavy atom. The fourth-order valence-corrected chi connectivity index (χ4v) is 2.38. The molecule has 3 N–H and O–H groups in total. The molecule has 0 unspecified atom stereocenters. The number of nitrogens with two attached hydrogens (primary N) is 1. The van der Waals surface area contributed by atoms with Gasteiger partial charge in [0, 0.05) is 30.3 Å². The number of benzene rings is 1. The number of rotatable bonds is 5. The van der Waals surface area contributed by atoms with Crippen LogP contribution in [-0.2, 0) is 11.2 Å². The smallest absolute Gasteiger partial charge is 0.489 e. The summed E-state index contributed by atoms with van der Waals surface area (Å²) in [7, 11) is 0. The highest BCUT2D eigenvalue weighted by Gasteiger charge is 2.38. The van der Waals surface area contributed by atoms with Crippen LogP contribution >= 0.6 is 0 Å². The van der Waals surface area contributed by atoms with Gasteiger partial charge >= 0.3 is 12.1 Å². The number of fused-ring (bicyclic) bond motifs is 1. The number of halogens is 4. The van der Waals surface area contributed by atoms with Gasteiger partial charge in [0.2, 0.25) is 0 Å². The van der Waals surface area contributed by atoms with Crippen LogP contribution in [0.15, 0.2) is 30.1 Å². The largest absolute Gasteiger partial charge is 0.490 e. The van der Waals surface area contributed by atoms with Crippen LogP contribution in [0.3, 0.4) is 0 Å². The molecule has 10 heteroatoms. The second-order valence-electron chi connectivity index (χ2n) is 6.22. The van der Waals surface area contributed by atoms with Crippen LogP contribution in [0.5, 0.6) is 5.75 Å². The SMILES string of the molecule is CC(C)N1CCc2cc(OC/C(=C/F)CN)ccc2C1=O.O=C(O)C(F)(F)F. The van der Waals surface area contributed by atoms with E-state index in [0.29, 0.717) is 24.2 Å². The molecule has 1 aliphatic rings. The van der Waals surface area contributed by atoms with Gasteiger partial charge in [-0.05, 0) is 44.0 Å². The quantitative estimate of drug-likeness (QED) is 0.734. The lowest BCUT2D eigenvalue weighted by atomic mass is 9.98. The highest BCUT2D eigenvalue weighted by Crippen LogP contribution is 2.25.